The largest absolute Gasteiger partial charge is 2.00 e. The van der Waals surface area contributed by atoms with Crippen LogP contribution in [0.25, 0.3) is 0 Å². The molecule has 0 aliphatic rings. The van der Waals surface area contributed by atoms with Gasteiger partial charge in [-0.3, -0.25) is 0 Å². The summed E-state index contributed by atoms with van der Waals surface area (Å²) >= 11 is 0. The molecule has 0 bridgehead atoms. The summed E-state index contributed by atoms with van der Waals surface area (Å²) < 4.78 is 0. The summed E-state index contributed by atoms with van der Waals surface area (Å²) in [7, 11) is 0. The summed E-state index contributed by atoms with van der Waals surface area (Å²) in [5, 5.41) is 0. The molecule has 0 aliphatic carbocycles. The van der Waals surface area contributed by atoms with Crippen molar-refractivity contribution in [3.8, 4) is 0 Å². The Labute approximate surface area is 77.9 Å². The molecule has 0 radical (unpaired) electrons. The first kappa shape index (κ1) is 12.6. The van der Waals surface area contributed by atoms with Crippen LogP contribution in [0, 0.1) is 13.5 Å². The fourth-order valence-electron chi connectivity index (χ4n) is 0.650. The van der Waals surface area contributed by atoms with Gasteiger partial charge in [0.2, 0.25) is 0 Å². The Morgan fingerprint density at radius 1 is 1.50 bits per heavy atom. The predicted octanol–water partition coefficient (Wildman–Crippen LogP) is 2.50. The Balaban J connectivity index is 0. The molecular formula is C9H12W. The SMILES string of the molecule is CCc1c[c-]ccc1.[CH3-].[W+2]. The molecular weight excluding hydrogens is 292 g/mol. The third kappa shape index (κ3) is 3.84. The van der Waals surface area contributed by atoms with Crippen LogP contribution in [0.3, 0.4) is 0 Å². The Bertz CT molecular complexity index is 146. The van der Waals surface area contributed by atoms with E-state index in [0.29, 0.717) is 0 Å². The zero-order chi connectivity index (χ0) is 5.82. The molecule has 0 N–H and O–H groups in total. The van der Waals surface area contributed by atoms with E-state index in [9.17, 15) is 0 Å². The molecule has 0 fully saturated rings. The topological polar surface area (TPSA) is 0 Å². The van der Waals surface area contributed by atoms with Gasteiger partial charge in [0.1, 0.15) is 0 Å². The van der Waals surface area contributed by atoms with Gasteiger partial charge in [0, 0.05) is 0 Å². The van der Waals surface area contributed by atoms with Gasteiger partial charge < -0.3 is 7.43 Å². The molecule has 10 heavy (non-hydrogen) atoms. The molecule has 54 valence electrons. The van der Waals surface area contributed by atoms with Crippen LogP contribution >= 0.6 is 0 Å². The summed E-state index contributed by atoms with van der Waals surface area (Å²) in [4.78, 5) is 0. The number of rotatable bonds is 1. The van der Waals surface area contributed by atoms with Crippen molar-refractivity contribution in [2.75, 3.05) is 0 Å². The van der Waals surface area contributed by atoms with Crippen LogP contribution in [-0.4, -0.2) is 0 Å². The molecule has 0 atom stereocenters. The van der Waals surface area contributed by atoms with E-state index in [4.69, 9.17) is 0 Å². The molecule has 0 heterocycles. The van der Waals surface area contributed by atoms with Gasteiger partial charge in [-0.1, -0.05) is 13.3 Å². The normalized spacial score (nSPS) is 7.30. The zero-order valence-corrected chi connectivity index (χ0v) is 9.36. The summed E-state index contributed by atoms with van der Waals surface area (Å²) in [5.74, 6) is 0. The molecule has 1 rings (SSSR count). The molecule has 0 aromatic heterocycles. The Morgan fingerprint density at radius 2 is 2.20 bits per heavy atom. The van der Waals surface area contributed by atoms with E-state index in [1.165, 1.54) is 5.56 Å². The molecule has 0 saturated heterocycles. The standard InChI is InChI=1S/C8H9.CH3.W/c1-2-8-6-4-3-5-7-8;;/h3-4,6-7H,2H2,1H3;1H3;/q2*-1;+2. The van der Waals surface area contributed by atoms with Crippen LogP contribution in [0.4, 0.5) is 0 Å². The van der Waals surface area contributed by atoms with Crippen LogP contribution in [-0.2, 0) is 27.5 Å². The second-order valence-electron chi connectivity index (χ2n) is 1.77. The summed E-state index contributed by atoms with van der Waals surface area (Å²) in [5.41, 5.74) is 1.35. The monoisotopic (exact) mass is 304 g/mol. The summed E-state index contributed by atoms with van der Waals surface area (Å²) in [6.45, 7) is 2.14. The van der Waals surface area contributed by atoms with Crippen molar-refractivity contribution in [3.05, 3.63) is 43.3 Å². The molecule has 0 aliphatic heterocycles. The fourth-order valence-corrected chi connectivity index (χ4v) is 0.650. The van der Waals surface area contributed by atoms with E-state index in [0.717, 1.165) is 6.42 Å². The van der Waals surface area contributed by atoms with Crippen molar-refractivity contribution in [2.24, 2.45) is 0 Å². The van der Waals surface area contributed by atoms with E-state index in [1.807, 2.05) is 18.2 Å². The molecule has 1 aromatic carbocycles. The van der Waals surface area contributed by atoms with Crippen LogP contribution in [0.15, 0.2) is 24.3 Å². The van der Waals surface area contributed by atoms with Gasteiger partial charge in [-0.05, 0) is 0 Å². The Morgan fingerprint density at radius 3 is 2.50 bits per heavy atom. The van der Waals surface area contributed by atoms with Gasteiger partial charge >= 0.3 is 21.1 Å². The smallest absolute Gasteiger partial charge is 0.358 e. The number of hydrogen-bond donors (Lipinski definition) is 0. The van der Waals surface area contributed by atoms with Crippen molar-refractivity contribution in [1.82, 2.24) is 0 Å². The van der Waals surface area contributed by atoms with Crippen molar-refractivity contribution < 1.29 is 21.1 Å². The van der Waals surface area contributed by atoms with Crippen molar-refractivity contribution in [3.63, 3.8) is 0 Å². The first-order valence-electron chi connectivity index (χ1n) is 2.88. The zero-order valence-electron chi connectivity index (χ0n) is 6.42. The van der Waals surface area contributed by atoms with Crippen LogP contribution in [0.2, 0.25) is 0 Å². The van der Waals surface area contributed by atoms with Gasteiger partial charge in [-0.15, -0.1) is 0 Å². The molecule has 0 spiro atoms. The van der Waals surface area contributed by atoms with E-state index in [-0.39, 0.29) is 28.5 Å². The van der Waals surface area contributed by atoms with Gasteiger partial charge in [-0.25, -0.2) is 0 Å². The maximum Gasteiger partial charge on any atom is 2.00 e. The molecule has 1 aromatic rings. The third-order valence-electron chi connectivity index (χ3n) is 1.18. The number of benzene rings is 1. The van der Waals surface area contributed by atoms with Crippen LogP contribution in [0.1, 0.15) is 12.5 Å². The van der Waals surface area contributed by atoms with E-state index >= 15 is 0 Å². The molecule has 0 amide bonds. The van der Waals surface area contributed by atoms with Crippen LogP contribution < -0.4 is 0 Å². The minimum Gasteiger partial charge on any atom is -0.358 e. The molecule has 0 saturated carbocycles. The van der Waals surface area contributed by atoms with Crippen molar-refractivity contribution in [1.29, 1.82) is 0 Å². The average molecular weight is 304 g/mol. The molecule has 0 nitrogen and oxygen atoms in total. The van der Waals surface area contributed by atoms with Gasteiger partial charge in [0.15, 0.2) is 0 Å². The van der Waals surface area contributed by atoms with Gasteiger partial charge in [-0.2, -0.15) is 35.9 Å². The second kappa shape index (κ2) is 7.02. The fraction of sp³-hybridized carbons (Fsp3) is 0.222. The second-order valence-corrected chi connectivity index (χ2v) is 1.77. The van der Waals surface area contributed by atoms with Crippen LogP contribution in [0.5, 0.6) is 0 Å². The minimum absolute atomic E-state index is 0. The van der Waals surface area contributed by atoms with E-state index in [2.05, 4.69) is 19.1 Å². The molecule has 0 unspecified atom stereocenters. The maximum absolute atomic E-state index is 3.01. The first-order valence-corrected chi connectivity index (χ1v) is 2.88. The van der Waals surface area contributed by atoms with E-state index < -0.39 is 0 Å². The number of aryl methyl sites for hydroxylation is 1. The first-order chi connectivity index (χ1) is 3.93. The Kier molecular flexibility index (Phi) is 8.83. The van der Waals surface area contributed by atoms with Crippen molar-refractivity contribution in [2.45, 2.75) is 13.3 Å². The quantitative estimate of drug-likeness (QED) is 0.699. The third-order valence-corrected chi connectivity index (χ3v) is 1.18. The predicted molar refractivity (Wildman–Crippen MR) is 41.1 cm³/mol. The van der Waals surface area contributed by atoms with E-state index in [1.54, 1.807) is 0 Å². The van der Waals surface area contributed by atoms with Gasteiger partial charge in [0.05, 0.1) is 0 Å². The Hall–Kier alpha value is -0.0917. The maximum atomic E-state index is 3.01. The van der Waals surface area contributed by atoms with Crippen molar-refractivity contribution >= 4 is 0 Å². The summed E-state index contributed by atoms with van der Waals surface area (Å²) in [6, 6.07) is 11.1. The van der Waals surface area contributed by atoms with Gasteiger partial charge in [0.25, 0.3) is 0 Å². The summed E-state index contributed by atoms with van der Waals surface area (Å²) in [6.07, 6.45) is 1.11. The average Bonchev–Trinajstić information content (AvgIpc) is 1.90. The number of hydrogen-bond acceptors (Lipinski definition) is 0. The molecule has 1 heteroatoms. The minimum atomic E-state index is 0.